The Bertz CT molecular complexity index is 1260. The highest BCUT2D eigenvalue weighted by molar-refractivity contribution is 5.90. The fourth-order valence-corrected chi connectivity index (χ4v) is 4.18. The minimum Gasteiger partial charge on any atom is -0.447 e. The minimum absolute atomic E-state index is 0.137. The monoisotopic (exact) mass is 506 g/mol. The molecule has 2 atom stereocenters. The maximum Gasteiger partial charge on any atom is 0.417 e. The van der Waals surface area contributed by atoms with Crippen molar-refractivity contribution < 1.29 is 19.1 Å². The van der Waals surface area contributed by atoms with Crippen LogP contribution in [0.2, 0.25) is 0 Å². The van der Waals surface area contributed by atoms with E-state index in [1.54, 1.807) is 37.7 Å². The highest BCUT2D eigenvalue weighted by Crippen LogP contribution is 2.31. The van der Waals surface area contributed by atoms with Gasteiger partial charge in [-0.3, -0.25) is 9.58 Å². The minimum atomic E-state index is -0.724. The van der Waals surface area contributed by atoms with Crippen molar-refractivity contribution in [2.24, 2.45) is 13.0 Å². The first kappa shape index (κ1) is 26.1. The summed E-state index contributed by atoms with van der Waals surface area (Å²) >= 11 is 0. The van der Waals surface area contributed by atoms with E-state index in [1.807, 2.05) is 58.3 Å². The average molecular weight is 507 g/mol. The molecule has 0 unspecified atom stereocenters. The molecule has 4 rings (SSSR count). The van der Waals surface area contributed by atoms with Crippen LogP contribution in [0, 0.1) is 5.92 Å². The van der Waals surface area contributed by atoms with E-state index >= 15 is 0 Å². The first-order chi connectivity index (χ1) is 17.4. The molecule has 0 bridgehead atoms. The van der Waals surface area contributed by atoms with Crippen LogP contribution in [-0.4, -0.2) is 50.2 Å². The first-order valence-electron chi connectivity index (χ1n) is 12.3. The number of nitrogens with zero attached hydrogens (tertiary/aromatic N) is 6. The van der Waals surface area contributed by atoms with Crippen LogP contribution >= 0.6 is 0 Å². The summed E-state index contributed by atoms with van der Waals surface area (Å²) in [5.41, 5.74) is 2.16. The van der Waals surface area contributed by atoms with Crippen molar-refractivity contribution in [3.8, 4) is 11.1 Å². The zero-order valence-electron chi connectivity index (χ0n) is 22.4. The van der Waals surface area contributed by atoms with Crippen LogP contribution in [0.3, 0.4) is 0 Å². The Morgan fingerprint density at radius 2 is 1.84 bits per heavy atom. The third-order valence-electron chi connectivity index (χ3n) is 6.17. The maximum absolute atomic E-state index is 13.4. The van der Waals surface area contributed by atoms with Gasteiger partial charge in [-0.25, -0.2) is 19.5 Å². The summed E-state index contributed by atoms with van der Waals surface area (Å²) in [6, 6.07) is 8.91. The van der Waals surface area contributed by atoms with E-state index in [9.17, 15) is 9.59 Å². The number of anilines is 2. The molecule has 37 heavy (non-hydrogen) atoms. The van der Waals surface area contributed by atoms with Crippen molar-refractivity contribution in [2.75, 3.05) is 16.4 Å². The molecule has 0 spiro atoms. The van der Waals surface area contributed by atoms with Crippen LogP contribution < -0.4 is 9.80 Å². The number of rotatable bonds is 6. The van der Waals surface area contributed by atoms with Gasteiger partial charge >= 0.3 is 12.2 Å². The lowest BCUT2D eigenvalue weighted by molar-refractivity contribution is 0.0564. The normalized spacial score (nSPS) is 16.6. The average Bonchev–Trinajstić information content (AvgIpc) is 3.44. The van der Waals surface area contributed by atoms with Crippen LogP contribution in [-0.2, 0) is 16.5 Å². The van der Waals surface area contributed by atoms with Gasteiger partial charge in [0.05, 0.1) is 18.3 Å². The molecule has 2 amide bonds. The summed E-state index contributed by atoms with van der Waals surface area (Å²) in [6.45, 7) is 11.6. The highest BCUT2D eigenvalue weighted by atomic mass is 16.6. The molecule has 10 nitrogen and oxygen atoms in total. The number of carbonyl (C=O) groups is 2. The Kier molecular flexibility index (Phi) is 7.20. The van der Waals surface area contributed by atoms with E-state index in [1.165, 1.54) is 16.0 Å². The van der Waals surface area contributed by atoms with E-state index in [-0.39, 0.29) is 24.5 Å². The molecular formula is C27H34N6O4. The van der Waals surface area contributed by atoms with E-state index in [2.05, 4.69) is 15.1 Å². The van der Waals surface area contributed by atoms with Gasteiger partial charge in [-0.2, -0.15) is 10.1 Å². The van der Waals surface area contributed by atoms with Gasteiger partial charge in [-0.05, 0) is 50.8 Å². The van der Waals surface area contributed by atoms with E-state index < -0.39 is 23.8 Å². The lowest BCUT2D eigenvalue weighted by Crippen LogP contribution is -2.41. The smallest absolute Gasteiger partial charge is 0.417 e. The molecule has 1 aliphatic rings. The number of benzene rings is 1. The van der Waals surface area contributed by atoms with Crippen molar-refractivity contribution in [3.63, 3.8) is 0 Å². The van der Waals surface area contributed by atoms with Crippen molar-refractivity contribution in [2.45, 2.75) is 59.2 Å². The Hall–Kier alpha value is -3.95. The van der Waals surface area contributed by atoms with Gasteiger partial charge in [-0.1, -0.05) is 38.1 Å². The highest BCUT2D eigenvalue weighted by Gasteiger charge is 2.38. The van der Waals surface area contributed by atoms with Crippen LogP contribution in [0.5, 0.6) is 0 Å². The van der Waals surface area contributed by atoms with Gasteiger partial charge in [0, 0.05) is 25.0 Å². The summed E-state index contributed by atoms with van der Waals surface area (Å²) in [6.07, 6.45) is 4.23. The molecule has 1 saturated heterocycles. The Labute approximate surface area is 217 Å². The zero-order valence-corrected chi connectivity index (χ0v) is 22.4. The number of aromatic nitrogens is 4. The van der Waals surface area contributed by atoms with Crippen molar-refractivity contribution in [1.29, 1.82) is 0 Å². The third kappa shape index (κ3) is 5.73. The van der Waals surface area contributed by atoms with E-state index in [0.29, 0.717) is 5.82 Å². The second kappa shape index (κ2) is 10.2. The summed E-state index contributed by atoms with van der Waals surface area (Å²) in [7, 11) is 1.87. The molecule has 3 aromatic rings. The Morgan fingerprint density at radius 1 is 1.14 bits per heavy atom. The summed E-state index contributed by atoms with van der Waals surface area (Å²) < 4.78 is 12.8. The van der Waals surface area contributed by atoms with Gasteiger partial charge in [0.2, 0.25) is 5.95 Å². The van der Waals surface area contributed by atoms with E-state index in [0.717, 1.165) is 16.7 Å². The van der Waals surface area contributed by atoms with E-state index in [4.69, 9.17) is 9.47 Å². The van der Waals surface area contributed by atoms with Crippen LogP contribution in [0.25, 0.3) is 11.1 Å². The maximum atomic E-state index is 13.4. The molecule has 0 saturated carbocycles. The van der Waals surface area contributed by atoms with Crippen LogP contribution in [0.4, 0.5) is 21.4 Å². The molecule has 0 radical (unpaired) electrons. The standard InChI is InChI=1S/C27H34N6O4/c1-17(2)22-16-36-25(34)33(22)23-12-13-28-24(30-23)32(26(35)37-27(4,5)6)18(3)19-8-10-20(11-9-19)21-14-29-31(7)15-21/h8-15,17-18,22H,16H2,1-7H3/t18-,22+/m0/s1. The lowest BCUT2D eigenvalue weighted by atomic mass is 10.0. The van der Waals surface area contributed by atoms with Gasteiger partial charge < -0.3 is 9.47 Å². The number of cyclic esters (lactones) is 1. The molecule has 0 N–H and O–H groups in total. The van der Waals surface area contributed by atoms with Gasteiger partial charge in [-0.15, -0.1) is 0 Å². The topological polar surface area (TPSA) is 103 Å². The molecule has 1 aromatic carbocycles. The second-order valence-corrected chi connectivity index (χ2v) is 10.5. The Morgan fingerprint density at radius 3 is 2.43 bits per heavy atom. The third-order valence-corrected chi connectivity index (χ3v) is 6.17. The molecule has 196 valence electrons. The van der Waals surface area contributed by atoms with Crippen molar-refractivity contribution in [3.05, 3.63) is 54.5 Å². The summed E-state index contributed by atoms with van der Waals surface area (Å²) in [5, 5.41) is 4.23. The van der Waals surface area contributed by atoms with Gasteiger partial charge in [0.25, 0.3) is 0 Å². The molecule has 0 aliphatic carbocycles. The number of hydrogen-bond donors (Lipinski definition) is 0. The molecule has 1 aliphatic heterocycles. The molecule has 10 heteroatoms. The van der Waals surface area contributed by atoms with Crippen LogP contribution in [0.1, 0.15) is 53.1 Å². The molecule has 3 heterocycles. The first-order valence-corrected chi connectivity index (χ1v) is 12.3. The second-order valence-electron chi connectivity index (χ2n) is 10.5. The van der Waals surface area contributed by atoms with Gasteiger partial charge in [0.1, 0.15) is 18.0 Å². The zero-order chi connectivity index (χ0) is 26.9. The number of aryl methyl sites for hydroxylation is 1. The molecule has 2 aromatic heterocycles. The predicted octanol–water partition coefficient (Wildman–Crippen LogP) is 5.36. The van der Waals surface area contributed by atoms with Crippen molar-refractivity contribution >= 4 is 24.0 Å². The predicted molar refractivity (Wildman–Crippen MR) is 140 cm³/mol. The quantitative estimate of drug-likeness (QED) is 0.443. The molecular weight excluding hydrogens is 472 g/mol. The Balaban J connectivity index is 1.70. The SMILES string of the molecule is CC(C)[C@H]1COC(=O)N1c1ccnc(N(C(=O)OC(C)(C)C)[C@@H](C)c2ccc(-c3cnn(C)c3)cc2)n1. The largest absolute Gasteiger partial charge is 0.447 e. The summed E-state index contributed by atoms with van der Waals surface area (Å²) in [4.78, 5) is 37.9. The van der Waals surface area contributed by atoms with Gasteiger partial charge in [0.15, 0.2) is 0 Å². The summed E-state index contributed by atoms with van der Waals surface area (Å²) in [5.74, 6) is 0.667. The number of carbonyl (C=O) groups excluding carboxylic acids is 2. The fourth-order valence-electron chi connectivity index (χ4n) is 4.18. The van der Waals surface area contributed by atoms with Crippen molar-refractivity contribution in [1.82, 2.24) is 19.7 Å². The molecule has 1 fully saturated rings. The van der Waals surface area contributed by atoms with Crippen LogP contribution in [0.15, 0.2) is 48.9 Å². The fraction of sp³-hybridized carbons (Fsp3) is 0.444. The lowest BCUT2D eigenvalue weighted by Gasteiger charge is -2.31. The number of ether oxygens (including phenoxy) is 2. The number of hydrogen-bond acceptors (Lipinski definition) is 7. The number of amides is 2.